The molecule has 0 amide bonds. The molecule has 0 bridgehead atoms. The minimum atomic E-state index is -3.67. The summed E-state index contributed by atoms with van der Waals surface area (Å²) in [7, 11) is -2.28. The van der Waals surface area contributed by atoms with Crippen LogP contribution in [0.25, 0.3) is 0 Å². The van der Waals surface area contributed by atoms with Gasteiger partial charge >= 0.3 is 0 Å². The Hall–Kier alpha value is -1.90. The second kappa shape index (κ2) is 6.70. The van der Waals surface area contributed by atoms with Gasteiger partial charge in [-0.2, -0.15) is 0 Å². The molecule has 1 aromatic carbocycles. The van der Waals surface area contributed by atoms with Crippen LogP contribution in [0.3, 0.4) is 0 Å². The number of aliphatic hydroxyl groups is 1. The van der Waals surface area contributed by atoms with Crippen LogP contribution in [0.2, 0.25) is 0 Å². The number of imidazole rings is 1. The number of nitrogens with one attached hydrogen (secondary N) is 1. The molecule has 0 radical (unpaired) electrons. The van der Waals surface area contributed by atoms with Gasteiger partial charge in [0.25, 0.3) is 0 Å². The van der Waals surface area contributed by atoms with Gasteiger partial charge in [0.1, 0.15) is 10.6 Å². The molecular weight excluding hydrogens is 294 g/mol. The molecule has 114 valence electrons. The average molecular weight is 311 g/mol. The Morgan fingerprint density at radius 1 is 1.43 bits per heavy atom. The molecule has 0 aliphatic heterocycles. The van der Waals surface area contributed by atoms with E-state index in [-0.39, 0.29) is 23.8 Å². The number of sulfonamides is 1. The standard InChI is InChI=1S/C13H17N3O4S/c1-20-12-8-11(9-17)2-3-13(12)21(18,19)15-5-7-16-6-4-14-10-16/h2-4,6,8,10,15,17H,5,7,9H2,1H3. The quantitative estimate of drug-likeness (QED) is 0.770. The minimum Gasteiger partial charge on any atom is -0.495 e. The van der Waals surface area contributed by atoms with E-state index in [4.69, 9.17) is 9.84 Å². The predicted molar refractivity (Wildman–Crippen MR) is 76.3 cm³/mol. The van der Waals surface area contributed by atoms with Crippen LogP contribution < -0.4 is 9.46 Å². The summed E-state index contributed by atoms with van der Waals surface area (Å²) in [5, 5.41) is 9.07. The van der Waals surface area contributed by atoms with Crippen molar-refractivity contribution in [1.29, 1.82) is 0 Å². The molecule has 0 spiro atoms. The van der Waals surface area contributed by atoms with Crippen molar-refractivity contribution in [2.24, 2.45) is 0 Å². The SMILES string of the molecule is COc1cc(CO)ccc1S(=O)(=O)NCCn1ccnc1. The third-order valence-electron chi connectivity index (χ3n) is 2.92. The van der Waals surface area contributed by atoms with Crippen molar-refractivity contribution in [1.82, 2.24) is 14.3 Å². The van der Waals surface area contributed by atoms with Crippen LogP contribution in [0.15, 0.2) is 41.8 Å². The number of benzene rings is 1. The third kappa shape index (κ3) is 3.81. The number of methoxy groups -OCH3 is 1. The van der Waals surface area contributed by atoms with E-state index in [1.54, 1.807) is 29.4 Å². The highest BCUT2D eigenvalue weighted by Gasteiger charge is 2.19. The van der Waals surface area contributed by atoms with Crippen LogP contribution in [-0.4, -0.2) is 36.7 Å². The van der Waals surface area contributed by atoms with E-state index >= 15 is 0 Å². The van der Waals surface area contributed by atoms with Crippen molar-refractivity contribution in [3.63, 3.8) is 0 Å². The van der Waals surface area contributed by atoms with Gasteiger partial charge in [0.05, 0.1) is 20.0 Å². The molecule has 2 aromatic rings. The monoisotopic (exact) mass is 311 g/mol. The van der Waals surface area contributed by atoms with Crippen molar-refractivity contribution < 1.29 is 18.3 Å². The van der Waals surface area contributed by atoms with Gasteiger partial charge in [0.15, 0.2) is 0 Å². The van der Waals surface area contributed by atoms with Crippen molar-refractivity contribution in [2.45, 2.75) is 18.0 Å². The summed E-state index contributed by atoms with van der Waals surface area (Å²) in [6, 6.07) is 4.47. The van der Waals surface area contributed by atoms with Crippen LogP contribution in [0, 0.1) is 0 Å². The van der Waals surface area contributed by atoms with Crippen molar-refractivity contribution in [3.05, 3.63) is 42.5 Å². The molecule has 2 rings (SSSR count). The van der Waals surface area contributed by atoms with Gasteiger partial charge < -0.3 is 14.4 Å². The summed E-state index contributed by atoms with van der Waals surface area (Å²) < 4.78 is 33.9. The fraction of sp³-hybridized carbons (Fsp3) is 0.308. The van der Waals surface area contributed by atoms with E-state index in [1.807, 2.05) is 0 Å². The molecule has 0 unspecified atom stereocenters. The first-order chi connectivity index (χ1) is 10.1. The highest BCUT2D eigenvalue weighted by atomic mass is 32.2. The van der Waals surface area contributed by atoms with Crippen molar-refractivity contribution >= 4 is 10.0 Å². The van der Waals surface area contributed by atoms with Gasteiger partial charge in [-0.05, 0) is 17.7 Å². The number of hydrogen-bond donors (Lipinski definition) is 2. The molecule has 7 nitrogen and oxygen atoms in total. The Bertz CT molecular complexity index is 683. The lowest BCUT2D eigenvalue weighted by atomic mass is 10.2. The Labute approximate surface area is 123 Å². The summed E-state index contributed by atoms with van der Waals surface area (Å²) in [5.74, 6) is 0.205. The fourth-order valence-electron chi connectivity index (χ4n) is 1.84. The molecule has 0 fully saturated rings. The predicted octanol–water partition coefficient (Wildman–Crippen LogP) is 0.362. The second-order valence-corrected chi connectivity index (χ2v) is 6.08. The fourth-order valence-corrected chi connectivity index (χ4v) is 3.01. The lowest BCUT2D eigenvalue weighted by molar-refractivity contribution is 0.280. The molecular formula is C13H17N3O4S. The maximum Gasteiger partial charge on any atom is 0.244 e. The van der Waals surface area contributed by atoms with Crippen molar-refractivity contribution in [2.75, 3.05) is 13.7 Å². The van der Waals surface area contributed by atoms with Crippen LogP contribution in [0.1, 0.15) is 5.56 Å². The summed E-state index contributed by atoms with van der Waals surface area (Å²) in [4.78, 5) is 3.93. The first kappa shape index (κ1) is 15.5. The molecule has 8 heteroatoms. The van der Waals surface area contributed by atoms with Crippen molar-refractivity contribution in [3.8, 4) is 5.75 Å². The summed E-state index contributed by atoms with van der Waals surface area (Å²) in [6.07, 6.45) is 5.00. The molecule has 1 aromatic heterocycles. The van der Waals surface area contributed by atoms with Gasteiger partial charge in [0.2, 0.25) is 10.0 Å². The van der Waals surface area contributed by atoms with Gasteiger partial charge in [-0.1, -0.05) is 6.07 Å². The zero-order valence-electron chi connectivity index (χ0n) is 11.6. The van der Waals surface area contributed by atoms with E-state index < -0.39 is 10.0 Å². The Morgan fingerprint density at radius 3 is 2.86 bits per heavy atom. The van der Waals surface area contributed by atoms with Gasteiger partial charge in [0, 0.05) is 25.5 Å². The zero-order valence-corrected chi connectivity index (χ0v) is 12.4. The number of ether oxygens (including phenoxy) is 1. The lowest BCUT2D eigenvalue weighted by Gasteiger charge is -2.12. The number of aromatic nitrogens is 2. The lowest BCUT2D eigenvalue weighted by Crippen LogP contribution is -2.27. The molecule has 0 atom stereocenters. The average Bonchev–Trinajstić information content (AvgIpc) is 2.99. The topological polar surface area (TPSA) is 93.5 Å². The largest absolute Gasteiger partial charge is 0.495 e. The van der Waals surface area contributed by atoms with Crippen LogP contribution in [0.4, 0.5) is 0 Å². The molecule has 0 aliphatic rings. The highest BCUT2D eigenvalue weighted by molar-refractivity contribution is 7.89. The van der Waals surface area contributed by atoms with E-state index in [0.717, 1.165) is 0 Å². The highest BCUT2D eigenvalue weighted by Crippen LogP contribution is 2.24. The smallest absolute Gasteiger partial charge is 0.244 e. The van der Waals surface area contributed by atoms with Gasteiger partial charge in [-0.25, -0.2) is 18.1 Å². The molecule has 0 saturated heterocycles. The summed E-state index contributed by atoms with van der Waals surface area (Å²) in [5.41, 5.74) is 0.587. The summed E-state index contributed by atoms with van der Waals surface area (Å²) in [6.45, 7) is 0.546. The maximum atomic E-state index is 12.3. The van der Waals surface area contributed by atoms with E-state index in [9.17, 15) is 8.42 Å². The van der Waals surface area contributed by atoms with E-state index in [2.05, 4.69) is 9.71 Å². The normalized spacial score (nSPS) is 11.5. The zero-order chi connectivity index (χ0) is 15.3. The molecule has 0 aliphatic carbocycles. The summed E-state index contributed by atoms with van der Waals surface area (Å²) >= 11 is 0. The Morgan fingerprint density at radius 2 is 2.24 bits per heavy atom. The first-order valence-electron chi connectivity index (χ1n) is 6.30. The van der Waals surface area contributed by atoms with Gasteiger partial charge in [-0.15, -0.1) is 0 Å². The molecule has 2 N–H and O–H groups in total. The van der Waals surface area contributed by atoms with E-state index in [0.29, 0.717) is 12.1 Å². The number of rotatable bonds is 7. The Kier molecular flexibility index (Phi) is 4.94. The number of aliphatic hydroxyl groups excluding tert-OH is 1. The minimum absolute atomic E-state index is 0.0489. The van der Waals surface area contributed by atoms with Gasteiger partial charge in [-0.3, -0.25) is 0 Å². The first-order valence-corrected chi connectivity index (χ1v) is 7.78. The van der Waals surface area contributed by atoms with Crippen LogP contribution in [0.5, 0.6) is 5.75 Å². The number of nitrogens with zero attached hydrogens (tertiary/aromatic N) is 2. The van der Waals surface area contributed by atoms with Crippen LogP contribution in [-0.2, 0) is 23.2 Å². The molecule has 21 heavy (non-hydrogen) atoms. The maximum absolute atomic E-state index is 12.3. The van der Waals surface area contributed by atoms with E-state index in [1.165, 1.54) is 19.2 Å². The molecule has 1 heterocycles. The second-order valence-electron chi connectivity index (χ2n) is 4.34. The van der Waals surface area contributed by atoms with Crippen LogP contribution >= 0.6 is 0 Å². The Balaban J connectivity index is 2.11. The molecule has 0 saturated carbocycles. The third-order valence-corrected chi connectivity index (χ3v) is 4.42. The number of hydrogen-bond acceptors (Lipinski definition) is 5.